The highest BCUT2D eigenvalue weighted by Gasteiger charge is 2.11. The van der Waals surface area contributed by atoms with Crippen LogP contribution in [0.4, 0.5) is 5.69 Å². The van der Waals surface area contributed by atoms with Crippen LogP contribution in [0, 0.1) is 6.92 Å². The Morgan fingerprint density at radius 3 is 2.76 bits per heavy atom. The lowest BCUT2D eigenvalue weighted by Crippen LogP contribution is -2.13. The Labute approximate surface area is 101 Å². The number of rotatable bonds is 3. The molecule has 8 heteroatoms. The smallest absolute Gasteiger partial charge is 0.267 e. The summed E-state index contributed by atoms with van der Waals surface area (Å²) >= 11 is 1.17. The topological polar surface area (TPSA) is 124 Å². The van der Waals surface area contributed by atoms with Crippen molar-refractivity contribution in [1.29, 1.82) is 0 Å². The van der Waals surface area contributed by atoms with Gasteiger partial charge in [0.1, 0.15) is 16.5 Å². The van der Waals surface area contributed by atoms with Gasteiger partial charge in [-0.2, -0.15) is 0 Å². The minimum Gasteiger partial charge on any atom is -0.397 e. The fraction of sp³-hybridized carbons (Fsp3) is 0.111. The first-order valence-electron chi connectivity index (χ1n) is 4.69. The number of pyridine rings is 1. The number of aromatic amines is 1. The van der Waals surface area contributed by atoms with Crippen molar-refractivity contribution in [2.24, 2.45) is 5.73 Å². The highest BCUT2D eigenvalue weighted by Crippen LogP contribution is 2.27. The Kier molecular flexibility index (Phi) is 2.96. The van der Waals surface area contributed by atoms with Crippen molar-refractivity contribution in [2.45, 2.75) is 17.1 Å². The summed E-state index contributed by atoms with van der Waals surface area (Å²) < 4.78 is 0. The summed E-state index contributed by atoms with van der Waals surface area (Å²) in [5, 5.41) is 7.59. The van der Waals surface area contributed by atoms with Crippen LogP contribution in [0.2, 0.25) is 0 Å². The lowest BCUT2D eigenvalue weighted by atomic mass is 10.3. The number of carbonyl (C=O) groups is 1. The van der Waals surface area contributed by atoms with Crippen molar-refractivity contribution in [1.82, 2.24) is 20.2 Å². The zero-order valence-electron chi connectivity index (χ0n) is 8.97. The fourth-order valence-electron chi connectivity index (χ4n) is 1.12. The van der Waals surface area contributed by atoms with Gasteiger partial charge in [0.25, 0.3) is 5.91 Å². The first-order chi connectivity index (χ1) is 8.06. The van der Waals surface area contributed by atoms with Crippen molar-refractivity contribution < 1.29 is 4.79 Å². The van der Waals surface area contributed by atoms with E-state index in [0.29, 0.717) is 21.7 Å². The molecule has 2 aromatic heterocycles. The van der Waals surface area contributed by atoms with Crippen LogP contribution in [0.1, 0.15) is 16.3 Å². The van der Waals surface area contributed by atoms with E-state index >= 15 is 0 Å². The highest BCUT2D eigenvalue weighted by molar-refractivity contribution is 7.99. The summed E-state index contributed by atoms with van der Waals surface area (Å²) in [6, 6.07) is 3.06. The van der Waals surface area contributed by atoms with Crippen LogP contribution < -0.4 is 11.5 Å². The molecule has 0 radical (unpaired) electrons. The van der Waals surface area contributed by atoms with Crippen LogP contribution in [0.15, 0.2) is 22.3 Å². The molecule has 88 valence electrons. The van der Waals surface area contributed by atoms with Crippen molar-refractivity contribution in [3.63, 3.8) is 0 Å². The van der Waals surface area contributed by atoms with E-state index in [0.717, 1.165) is 0 Å². The number of amides is 1. The maximum absolute atomic E-state index is 11.0. The molecule has 2 heterocycles. The zero-order chi connectivity index (χ0) is 12.4. The molecular formula is C9H10N6OS. The number of carbonyl (C=O) groups excluding carboxylic acids is 1. The maximum atomic E-state index is 11.0. The van der Waals surface area contributed by atoms with Crippen LogP contribution >= 0.6 is 11.8 Å². The van der Waals surface area contributed by atoms with Gasteiger partial charge >= 0.3 is 0 Å². The Hall–Kier alpha value is -2.09. The molecule has 1 amide bonds. The summed E-state index contributed by atoms with van der Waals surface area (Å²) in [7, 11) is 0. The Morgan fingerprint density at radius 1 is 1.41 bits per heavy atom. The summed E-state index contributed by atoms with van der Waals surface area (Å²) in [5.41, 5.74) is 11.5. The third-order valence-electron chi connectivity index (χ3n) is 1.91. The van der Waals surface area contributed by atoms with E-state index in [-0.39, 0.29) is 5.69 Å². The Bertz CT molecular complexity index is 566. The molecule has 0 atom stereocenters. The number of hydrogen-bond acceptors (Lipinski definition) is 6. The SMILES string of the molecule is Cc1nc(Sc2nc(C(N)=O)ccc2N)n[nH]1. The number of aromatic nitrogens is 4. The third kappa shape index (κ3) is 2.53. The number of aryl methyl sites for hydroxylation is 1. The van der Waals surface area contributed by atoms with Crippen molar-refractivity contribution in [2.75, 3.05) is 5.73 Å². The van der Waals surface area contributed by atoms with Gasteiger partial charge in [-0.15, -0.1) is 5.10 Å². The van der Waals surface area contributed by atoms with Crippen LogP contribution in [0.5, 0.6) is 0 Å². The van der Waals surface area contributed by atoms with Crippen molar-refractivity contribution in [3.8, 4) is 0 Å². The third-order valence-corrected chi connectivity index (χ3v) is 2.79. The summed E-state index contributed by atoms with van der Waals surface area (Å²) in [6.07, 6.45) is 0. The second kappa shape index (κ2) is 4.42. The van der Waals surface area contributed by atoms with Gasteiger partial charge in [0.2, 0.25) is 5.16 Å². The molecule has 0 aromatic carbocycles. The molecule has 7 nitrogen and oxygen atoms in total. The number of nitrogens with zero attached hydrogens (tertiary/aromatic N) is 3. The van der Waals surface area contributed by atoms with E-state index in [1.54, 1.807) is 13.0 Å². The van der Waals surface area contributed by atoms with Gasteiger partial charge in [-0.1, -0.05) is 0 Å². The Balaban J connectivity index is 2.31. The van der Waals surface area contributed by atoms with Gasteiger partial charge in [-0.05, 0) is 30.8 Å². The number of H-pyrrole nitrogens is 1. The lowest BCUT2D eigenvalue weighted by Gasteiger charge is -2.02. The molecule has 0 aliphatic heterocycles. The molecule has 17 heavy (non-hydrogen) atoms. The summed E-state index contributed by atoms with van der Waals surface area (Å²) in [6.45, 7) is 1.79. The van der Waals surface area contributed by atoms with Crippen LogP contribution in [0.3, 0.4) is 0 Å². The normalized spacial score (nSPS) is 10.4. The van der Waals surface area contributed by atoms with Crippen molar-refractivity contribution in [3.05, 3.63) is 23.7 Å². The number of nitrogens with one attached hydrogen (secondary N) is 1. The fourth-order valence-corrected chi connectivity index (χ4v) is 1.90. The number of hydrogen-bond donors (Lipinski definition) is 3. The van der Waals surface area contributed by atoms with Crippen LogP contribution in [0.25, 0.3) is 0 Å². The summed E-state index contributed by atoms with van der Waals surface area (Å²) in [5.74, 6) is 0.0927. The molecule has 0 saturated carbocycles. The lowest BCUT2D eigenvalue weighted by molar-refractivity contribution is 0.0995. The number of anilines is 1. The van der Waals surface area contributed by atoms with Gasteiger partial charge < -0.3 is 11.5 Å². The van der Waals surface area contributed by atoms with E-state index in [1.807, 2.05) is 0 Å². The predicted octanol–water partition coefficient (Wildman–Crippen LogP) is 0.340. The van der Waals surface area contributed by atoms with Gasteiger partial charge in [0, 0.05) is 0 Å². The number of primary amides is 1. The maximum Gasteiger partial charge on any atom is 0.267 e. The molecule has 2 aromatic rings. The average Bonchev–Trinajstić information content (AvgIpc) is 2.67. The molecule has 0 fully saturated rings. The van der Waals surface area contributed by atoms with Gasteiger partial charge in [-0.3, -0.25) is 9.89 Å². The van der Waals surface area contributed by atoms with E-state index in [4.69, 9.17) is 11.5 Å². The van der Waals surface area contributed by atoms with Crippen LogP contribution in [-0.4, -0.2) is 26.1 Å². The quantitative estimate of drug-likeness (QED) is 0.721. The second-order valence-corrected chi connectivity index (χ2v) is 4.22. The number of nitrogen functional groups attached to an aromatic ring is 1. The van der Waals surface area contributed by atoms with E-state index in [1.165, 1.54) is 17.8 Å². The molecule has 0 aliphatic rings. The average molecular weight is 250 g/mol. The molecule has 0 spiro atoms. The molecule has 0 bridgehead atoms. The largest absolute Gasteiger partial charge is 0.397 e. The van der Waals surface area contributed by atoms with Crippen molar-refractivity contribution >= 4 is 23.4 Å². The van der Waals surface area contributed by atoms with E-state index < -0.39 is 5.91 Å². The molecule has 0 saturated heterocycles. The minimum atomic E-state index is -0.599. The van der Waals surface area contributed by atoms with Crippen LogP contribution in [-0.2, 0) is 0 Å². The van der Waals surface area contributed by atoms with Gasteiger partial charge in [0.15, 0.2) is 0 Å². The molecule has 0 aliphatic carbocycles. The second-order valence-electron chi connectivity index (χ2n) is 3.26. The standard InChI is InChI=1S/C9H10N6OS/c1-4-12-9(15-14-4)17-8-5(10)2-3-6(13-8)7(11)16/h2-3H,10H2,1H3,(H2,11,16)(H,12,14,15). The van der Waals surface area contributed by atoms with E-state index in [9.17, 15) is 4.79 Å². The van der Waals surface area contributed by atoms with Gasteiger partial charge in [-0.25, -0.2) is 9.97 Å². The molecular weight excluding hydrogens is 240 g/mol. The monoisotopic (exact) mass is 250 g/mol. The van der Waals surface area contributed by atoms with E-state index in [2.05, 4.69) is 20.2 Å². The predicted molar refractivity (Wildman–Crippen MR) is 62.4 cm³/mol. The Morgan fingerprint density at radius 2 is 2.18 bits per heavy atom. The summed E-state index contributed by atoms with van der Waals surface area (Å²) in [4.78, 5) is 19.1. The van der Waals surface area contributed by atoms with Gasteiger partial charge in [0.05, 0.1) is 5.69 Å². The zero-order valence-corrected chi connectivity index (χ0v) is 9.78. The first kappa shape index (κ1) is 11.4. The molecule has 0 unspecified atom stereocenters. The molecule has 5 N–H and O–H groups in total. The number of nitrogens with two attached hydrogens (primary N) is 2. The highest BCUT2D eigenvalue weighted by atomic mass is 32.2. The minimum absolute atomic E-state index is 0.161. The first-order valence-corrected chi connectivity index (χ1v) is 5.51. The molecule has 2 rings (SSSR count).